The number of azo groups is 1. The topological polar surface area (TPSA) is 117 Å². The zero-order valence-electron chi connectivity index (χ0n) is 14.6. The van der Waals surface area contributed by atoms with Crippen LogP contribution in [0.2, 0.25) is 10.0 Å². The summed E-state index contributed by atoms with van der Waals surface area (Å²) in [6.07, 6.45) is 0. The summed E-state index contributed by atoms with van der Waals surface area (Å²) >= 11 is 12.0. The van der Waals surface area contributed by atoms with Crippen LogP contribution in [0.4, 0.5) is 11.4 Å². The molecule has 0 radical (unpaired) electrons. The Morgan fingerprint density at radius 1 is 1.14 bits per heavy atom. The number of hydrogen-bond acceptors (Lipinski definition) is 5. The number of halogens is 2. The van der Waals surface area contributed by atoms with E-state index in [1.54, 1.807) is 31.2 Å². The maximum Gasteiger partial charge on any atom is 1.00 e. The van der Waals surface area contributed by atoms with Crippen molar-refractivity contribution in [3.05, 3.63) is 68.6 Å². The number of nitrogens with one attached hydrogen (secondary N) is 1. The molecule has 0 fully saturated rings. The third kappa shape index (κ3) is 4.74. The van der Waals surface area contributed by atoms with Crippen LogP contribution in [0.1, 0.15) is 5.69 Å². The van der Waals surface area contributed by atoms with Gasteiger partial charge in [0, 0.05) is 0 Å². The fraction of sp³-hybridized carbons (Fsp3) is 0.0625. The Kier molecular flexibility index (Phi) is 7.27. The first-order valence-electron chi connectivity index (χ1n) is 7.35. The van der Waals surface area contributed by atoms with E-state index in [-0.39, 0.29) is 51.0 Å². The molecule has 0 aliphatic carbocycles. The molecule has 3 aromatic rings. The molecular weight excluding hydrogens is 438 g/mol. The molecule has 0 amide bonds. The van der Waals surface area contributed by atoms with Gasteiger partial charge in [-0.3, -0.25) is 14.4 Å². The van der Waals surface area contributed by atoms with Crippen LogP contribution in [0.5, 0.6) is 0 Å². The van der Waals surface area contributed by atoms with E-state index < -0.39 is 20.6 Å². The van der Waals surface area contributed by atoms with Crippen LogP contribution in [0, 0.1) is 13.0 Å². The molecule has 140 valence electrons. The number of benzene rings is 2. The van der Waals surface area contributed by atoms with E-state index in [1.807, 2.05) is 0 Å². The van der Waals surface area contributed by atoms with Gasteiger partial charge in [0.05, 0.1) is 21.4 Å². The standard InChI is InChI=1S/C16H11Cl2N4O4S.Na/c1-9-15(20-19-10-5-3-2-4-6-10)16(23)22(21-9)13-7-12(18)14(8-11(13)17)27(24,25)26;/h3-8,21H,1H3,(H,24,25,26);/q-1;+1. The van der Waals surface area contributed by atoms with E-state index >= 15 is 0 Å². The van der Waals surface area contributed by atoms with Gasteiger partial charge in [0.15, 0.2) is 5.69 Å². The second-order valence-corrected chi connectivity index (χ2v) is 7.60. The smallest absolute Gasteiger partial charge is 0.293 e. The van der Waals surface area contributed by atoms with Crippen molar-refractivity contribution in [2.24, 2.45) is 10.2 Å². The van der Waals surface area contributed by atoms with Gasteiger partial charge >= 0.3 is 29.6 Å². The Morgan fingerprint density at radius 3 is 2.39 bits per heavy atom. The monoisotopic (exact) mass is 448 g/mol. The molecule has 0 bridgehead atoms. The summed E-state index contributed by atoms with van der Waals surface area (Å²) in [6.45, 7) is 1.62. The average molecular weight is 449 g/mol. The molecule has 2 aromatic carbocycles. The van der Waals surface area contributed by atoms with Crippen LogP contribution in [-0.2, 0) is 10.1 Å². The number of aryl methyl sites for hydroxylation is 1. The van der Waals surface area contributed by atoms with Gasteiger partial charge in [-0.05, 0) is 24.7 Å². The van der Waals surface area contributed by atoms with Gasteiger partial charge in [0.1, 0.15) is 4.90 Å². The fourth-order valence-corrected chi connectivity index (χ4v) is 3.60. The van der Waals surface area contributed by atoms with Gasteiger partial charge in [-0.25, -0.2) is 4.68 Å². The number of H-pyrrole nitrogens is 1. The zero-order valence-corrected chi connectivity index (χ0v) is 19.0. The number of aromatic nitrogens is 2. The quantitative estimate of drug-likeness (QED) is 0.270. The molecule has 12 heteroatoms. The largest absolute Gasteiger partial charge is 1.00 e. The van der Waals surface area contributed by atoms with Gasteiger partial charge in [-0.2, -0.15) is 31.7 Å². The van der Waals surface area contributed by atoms with E-state index in [0.717, 1.165) is 16.8 Å². The summed E-state index contributed by atoms with van der Waals surface area (Å²) in [5.41, 5.74) is 0.541. The van der Waals surface area contributed by atoms with Gasteiger partial charge in [-0.15, -0.1) is 17.2 Å². The van der Waals surface area contributed by atoms with E-state index in [1.165, 1.54) is 0 Å². The molecular formula is C16H11Cl2N4NaO4S. The second kappa shape index (κ2) is 8.91. The Balaban J connectivity index is 0.00000280. The summed E-state index contributed by atoms with van der Waals surface area (Å²) in [6, 6.07) is 11.6. The molecule has 28 heavy (non-hydrogen) atoms. The summed E-state index contributed by atoms with van der Waals surface area (Å²) in [7, 11) is -4.56. The first kappa shape index (κ1) is 22.8. The SMILES string of the molecule is Cc1[nH]n(-c2cc(Cl)c(S(=O)(=O)O)cc2Cl)c(=O)c1N=Nc1cc[c-]cc1.[Na+]. The molecule has 8 nitrogen and oxygen atoms in total. The van der Waals surface area contributed by atoms with Crippen LogP contribution in [0.25, 0.3) is 5.69 Å². The van der Waals surface area contributed by atoms with Gasteiger partial charge in [0.2, 0.25) is 0 Å². The number of hydrogen-bond donors (Lipinski definition) is 2. The van der Waals surface area contributed by atoms with Gasteiger partial charge in [0.25, 0.3) is 15.7 Å². The minimum absolute atomic E-state index is 0. The molecule has 3 rings (SSSR count). The van der Waals surface area contributed by atoms with Crippen LogP contribution >= 0.6 is 23.2 Å². The third-order valence-electron chi connectivity index (χ3n) is 3.53. The van der Waals surface area contributed by atoms with E-state index in [9.17, 15) is 13.2 Å². The molecule has 1 heterocycles. The van der Waals surface area contributed by atoms with Crippen molar-refractivity contribution in [2.75, 3.05) is 0 Å². The summed E-state index contributed by atoms with van der Waals surface area (Å²) in [4.78, 5) is 12.1. The van der Waals surface area contributed by atoms with E-state index in [0.29, 0.717) is 11.4 Å². The van der Waals surface area contributed by atoms with Gasteiger partial charge < -0.3 is 0 Å². The molecule has 0 saturated heterocycles. The molecule has 0 spiro atoms. The Morgan fingerprint density at radius 2 is 1.79 bits per heavy atom. The van der Waals surface area contributed by atoms with Crippen LogP contribution in [0.15, 0.2) is 56.3 Å². The maximum atomic E-state index is 12.7. The second-order valence-electron chi connectivity index (χ2n) is 5.39. The zero-order chi connectivity index (χ0) is 19.8. The number of nitrogens with zero attached hydrogens (tertiary/aromatic N) is 3. The summed E-state index contributed by atoms with van der Waals surface area (Å²) in [5, 5.41) is 10.3. The van der Waals surface area contributed by atoms with Crippen molar-refractivity contribution in [1.82, 2.24) is 9.78 Å². The van der Waals surface area contributed by atoms with Crippen molar-refractivity contribution in [2.45, 2.75) is 11.8 Å². The van der Waals surface area contributed by atoms with Crippen LogP contribution in [-0.4, -0.2) is 22.8 Å². The van der Waals surface area contributed by atoms with Crippen molar-refractivity contribution >= 4 is 44.7 Å². The normalized spacial score (nSPS) is 11.6. The predicted molar refractivity (Wildman–Crippen MR) is 100 cm³/mol. The molecule has 0 unspecified atom stereocenters. The Hall–Kier alpha value is -1.46. The first-order chi connectivity index (χ1) is 12.7. The maximum absolute atomic E-state index is 12.7. The van der Waals surface area contributed by atoms with Crippen LogP contribution in [0.3, 0.4) is 0 Å². The van der Waals surface area contributed by atoms with E-state index in [2.05, 4.69) is 21.4 Å². The predicted octanol–water partition coefficient (Wildman–Crippen LogP) is 1.25. The van der Waals surface area contributed by atoms with Crippen molar-refractivity contribution in [3.8, 4) is 5.69 Å². The van der Waals surface area contributed by atoms with Gasteiger partial charge in [-0.1, -0.05) is 23.2 Å². The molecule has 0 atom stereocenters. The van der Waals surface area contributed by atoms with E-state index in [4.69, 9.17) is 27.8 Å². The Labute approximate surface area is 192 Å². The summed E-state index contributed by atoms with van der Waals surface area (Å²) < 4.78 is 32.8. The number of aromatic amines is 1. The Bertz CT molecular complexity index is 1210. The minimum Gasteiger partial charge on any atom is -0.293 e. The van der Waals surface area contributed by atoms with Crippen molar-refractivity contribution in [1.29, 1.82) is 0 Å². The number of rotatable bonds is 4. The molecule has 0 aliphatic heterocycles. The third-order valence-corrected chi connectivity index (χ3v) is 5.15. The van der Waals surface area contributed by atoms with Crippen molar-refractivity contribution in [3.63, 3.8) is 0 Å². The molecule has 0 aliphatic rings. The molecule has 1 aromatic heterocycles. The minimum atomic E-state index is -4.56. The molecule has 2 N–H and O–H groups in total. The molecule has 0 saturated carbocycles. The average Bonchev–Trinajstić information content (AvgIpc) is 2.89. The summed E-state index contributed by atoms with van der Waals surface area (Å²) in [5.74, 6) is 0. The fourth-order valence-electron chi connectivity index (χ4n) is 2.26. The first-order valence-corrected chi connectivity index (χ1v) is 9.54. The van der Waals surface area contributed by atoms with Crippen LogP contribution < -0.4 is 35.1 Å². The van der Waals surface area contributed by atoms with Crippen molar-refractivity contribution < 1.29 is 42.5 Å².